The minimum Gasteiger partial charge on any atom is -0.268 e. The van der Waals surface area contributed by atoms with E-state index in [0.717, 1.165) is 5.56 Å². The SMILES string of the molecule is O=c1ccc(-c2ccc(Cl)cc2)nn1Cc1c(Cl)cccc1Cl. The third-order valence-electron chi connectivity index (χ3n) is 3.38. The third kappa shape index (κ3) is 3.58. The summed E-state index contributed by atoms with van der Waals surface area (Å²) in [5.74, 6) is 0. The number of rotatable bonds is 3. The highest BCUT2D eigenvalue weighted by atomic mass is 35.5. The summed E-state index contributed by atoms with van der Waals surface area (Å²) < 4.78 is 1.34. The molecule has 116 valence electrons. The van der Waals surface area contributed by atoms with Crippen molar-refractivity contribution >= 4 is 34.8 Å². The molecule has 0 atom stereocenters. The lowest BCUT2D eigenvalue weighted by Crippen LogP contribution is -2.23. The summed E-state index contributed by atoms with van der Waals surface area (Å²) in [5, 5.41) is 6.04. The van der Waals surface area contributed by atoms with Crippen LogP contribution in [0.3, 0.4) is 0 Å². The lowest BCUT2D eigenvalue weighted by Gasteiger charge is -2.10. The van der Waals surface area contributed by atoms with Gasteiger partial charge < -0.3 is 0 Å². The largest absolute Gasteiger partial charge is 0.268 e. The zero-order chi connectivity index (χ0) is 16.4. The van der Waals surface area contributed by atoms with Crippen LogP contribution >= 0.6 is 34.8 Å². The second-order valence-corrected chi connectivity index (χ2v) is 6.17. The van der Waals surface area contributed by atoms with E-state index < -0.39 is 0 Å². The predicted molar refractivity (Wildman–Crippen MR) is 94.5 cm³/mol. The fourth-order valence-corrected chi connectivity index (χ4v) is 2.81. The Bertz CT molecular complexity index is 884. The molecule has 0 N–H and O–H groups in total. The van der Waals surface area contributed by atoms with Crippen LogP contribution in [0.2, 0.25) is 15.1 Å². The zero-order valence-corrected chi connectivity index (χ0v) is 14.1. The van der Waals surface area contributed by atoms with Gasteiger partial charge in [0.1, 0.15) is 0 Å². The Hall–Kier alpha value is -1.81. The Morgan fingerprint density at radius 2 is 1.52 bits per heavy atom. The third-order valence-corrected chi connectivity index (χ3v) is 4.34. The molecule has 0 amide bonds. The summed E-state index contributed by atoms with van der Waals surface area (Å²) >= 11 is 18.2. The molecule has 3 aromatic rings. The molecule has 23 heavy (non-hydrogen) atoms. The molecule has 0 aliphatic carbocycles. The van der Waals surface area contributed by atoms with Gasteiger partial charge in [0.05, 0.1) is 12.2 Å². The van der Waals surface area contributed by atoms with E-state index in [1.54, 1.807) is 36.4 Å². The van der Waals surface area contributed by atoms with Crippen LogP contribution in [-0.4, -0.2) is 9.78 Å². The lowest BCUT2D eigenvalue weighted by molar-refractivity contribution is 0.643. The summed E-state index contributed by atoms with van der Waals surface area (Å²) in [4.78, 5) is 12.1. The Morgan fingerprint density at radius 1 is 0.870 bits per heavy atom. The number of nitrogens with zero attached hydrogens (tertiary/aromatic N) is 2. The molecule has 0 aliphatic rings. The normalized spacial score (nSPS) is 10.7. The number of hydrogen-bond donors (Lipinski definition) is 0. The monoisotopic (exact) mass is 364 g/mol. The molecule has 0 fully saturated rings. The van der Waals surface area contributed by atoms with Crippen molar-refractivity contribution in [1.82, 2.24) is 9.78 Å². The molecular weight excluding hydrogens is 355 g/mol. The fourth-order valence-electron chi connectivity index (χ4n) is 2.17. The maximum atomic E-state index is 12.1. The van der Waals surface area contributed by atoms with Crippen molar-refractivity contribution < 1.29 is 0 Å². The van der Waals surface area contributed by atoms with Gasteiger partial charge in [0.2, 0.25) is 0 Å². The lowest BCUT2D eigenvalue weighted by atomic mass is 10.1. The van der Waals surface area contributed by atoms with Crippen molar-refractivity contribution in [3.8, 4) is 11.3 Å². The molecule has 0 unspecified atom stereocenters. The number of benzene rings is 2. The molecule has 3 rings (SSSR count). The van der Waals surface area contributed by atoms with Crippen LogP contribution in [0.25, 0.3) is 11.3 Å². The molecule has 3 nitrogen and oxygen atoms in total. The number of hydrogen-bond acceptors (Lipinski definition) is 2. The van der Waals surface area contributed by atoms with Crippen molar-refractivity contribution in [2.45, 2.75) is 6.54 Å². The molecule has 0 spiro atoms. The molecule has 0 bridgehead atoms. The zero-order valence-electron chi connectivity index (χ0n) is 11.8. The smallest absolute Gasteiger partial charge is 0.267 e. The highest BCUT2D eigenvalue weighted by molar-refractivity contribution is 6.36. The number of halogens is 3. The predicted octanol–water partition coefficient (Wildman–Crippen LogP) is 4.92. The molecule has 2 aromatic carbocycles. The van der Waals surface area contributed by atoms with Crippen LogP contribution in [0.15, 0.2) is 59.4 Å². The van der Waals surface area contributed by atoms with Crippen molar-refractivity contribution in [3.63, 3.8) is 0 Å². The summed E-state index contributed by atoms with van der Waals surface area (Å²) in [7, 11) is 0. The average Bonchev–Trinajstić information content (AvgIpc) is 2.53. The Kier molecular flexibility index (Phi) is 4.71. The van der Waals surface area contributed by atoms with Crippen LogP contribution in [-0.2, 0) is 6.54 Å². The first-order chi connectivity index (χ1) is 11.0. The van der Waals surface area contributed by atoms with Gasteiger partial charge in [0, 0.05) is 32.3 Å². The summed E-state index contributed by atoms with van der Waals surface area (Å²) in [5.41, 5.74) is 1.98. The molecule has 0 radical (unpaired) electrons. The van der Waals surface area contributed by atoms with Gasteiger partial charge in [-0.25, -0.2) is 4.68 Å². The van der Waals surface area contributed by atoms with E-state index in [4.69, 9.17) is 34.8 Å². The Morgan fingerprint density at radius 3 is 2.17 bits per heavy atom. The van der Waals surface area contributed by atoms with E-state index in [-0.39, 0.29) is 12.1 Å². The maximum Gasteiger partial charge on any atom is 0.267 e. The second-order valence-electron chi connectivity index (χ2n) is 4.92. The van der Waals surface area contributed by atoms with E-state index in [2.05, 4.69) is 5.10 Å². The summed E-state index contributed by atoms with van der Waals surface area (Å²) in [6.07, 6.45) is 0. The van der Waals surface area contributed by atoms with Crippen LogP contribution < -0.4 is 5.56 Å². The van der Waals surface area contributed by atoms with Gasteiger partial charge in [-0.05, 0) is 30.3 Å². The Balaban J connectivity index is 2.01. The minimum absolute atomic E-state index is 0.207. The standard InChI is InChI=1S/C17H11Cl3N2O/c18-12-6-4-11(5-7-12)16-8-9-17(23)22(21-16)10-13-14(19)2-1-3-15(13)20/h1-9H,10H2. The fraction of sp³-hybridized carbons (Fsp3) is 0.0588. The first-order valence-corrected chi connectivity index (χ1v) is 7.95. The van der Waals surface area contributed by atoms with E-state index in [1.807, 2.05) is 12.1 Å². The topological polar surface area (TPSA) is 34.9 Å². The molecule has 6 heteroatoms. The van der Waals surface area contributed by atoms with Crippen molar-refractivity contribution in [2.24, 2.45) is 0 Å². The Labute approximate surface area is 148 Å². The van der Waals surface area contributed by atoms with Crippen LogP contribution in [0, 0.1) is 0 Å². The molecular formula is C17H11Cl3N2O. The van der Waals surface area contributed by atoms with Gasteiger partial charge in [-0.15, -0.1) is 0 Å². The van der Waals surface area contributed by atoms with Gasteiger partial charge in [-0.3, -0.25) is 4.79 Å². The van der Waals surface area contributed by atoms with E-state index in [9.17, 15) is 4.79 Å². The first kappa shape index (κ1) is 16.1. The highest BCUT2D eigenvalue weighted by Crippen LogP contribution is 2.25. The minimum atomic E-state index is -0.223. The van der Waals surface area contributed by atoms with Gasteiger partial charge in [0.25, 0.3) is 5.56 Å². The van der Waals surface area contributed by atoms with Crippen molar-refractivity contribution in [3.05, 3.63) is 85.6 Å². The quantitative estimate of drug-likeness (QED) is 0.660. The number of aromatic nitrogens is 2. The first-order valence-electron chi connectivity index (χ1n) is 6.81. The molecule has 1 aromatic heterocycles. The summed E-state index contributed by atoms with van der Waals surface area (Å²) in [6, 6.07) is 15.6. The van der Waals surface area contributed by atoms with Crippen molar-refractivity contribution in [2.75, 3.05) is 0 Å². The maximum absolute atomic E-state index is 12.1. The van der Waals surface area contributed by atoms with Crippen molar-refractivity contribution in [1.29, 1.82) is 0 Å². The molecule has 0 aliphatic heterocycles. The van der Waals surface area contributed by atoms with E-state index in [0.29, 0.717) is 26.3 Å². The van der Waals surface area contributed by atoms with Gasteiger partial charge in [0.15, 0.2) is 0 Å². The van der Waals surface area contributed by atoms with Gasteiger partial charge >= 0.3 is 0 Å². The average molecular weight is 366 g/mol. The van der Waals surface area contributed by atoms with Crippen LogP contribution in [0.1, 0.15) is 5.56 Å². The molecule has 0 saturated heterocycles. The van der Waals surface area contributed by atoms with Crippen LogP contribution in [0.4, 0.5) is 0 Å². The molecule has 0 saturated carbocycles. The van der Waals surface area contributed by atoms with Crippen LogP contribution in [0.5, 0.6) is 0 Å². The highest BCUT2D eigenvalue weighted by Gasteiger charge is 2.09. The second kappa shape index (κ2) is 6.75. The van der Waals surface area contributed by atoms with E-state index in [1.165, 1.54) is 10.7 Å². The summed E-state index contributed by atoms with van der Waals surface area (Å²) in [6.45, 7) is 0.207. The van der Waals surface area contributed by atoms with Gasteiger partial charge in [-0.2, -0.15) is 5.10 Å². The molecule has 1 heterocycles. The van der Waals surface area contributed by atoms with E-state index >= 15 is 0 Å². The van der Waals surface area contributed by atoms with Gasteiger partial charge in [-0.1, -0.05) is 53.0 Å².